The lowest BCUT2D eigenvalue weighted by Crippen LogP contribution is -2.07. The van der Waals surface area contributed by atoms with Crippen LogP contribution >= 0.6 is 0 Å². The van der Waals surface area contributed by atoms with Gasteiger partial charge in [0.2, 0.25) is 5.95 Å². The van der Waals surface area contributed by atoms with E-state index in [0.717, 1.165) is 11.3 Å². The number of aromatic amines is 2. The first-order valence-electron chi connectivity index (χ1n) is 9.16. The molecular weight excluding hydrogens is 382 g/mol. The Balaban J connectivity index is 1.65. The summed E-state index contributed by atoms with van der Waals surface area (Å²) in [6.07, 6.45) is 2.99. The first-order valence-corrected chi connectivity index (χ1v) is 9.16. The fourth-order valence-electron chi connectivity index (χ4n) is 3.49. The molecule has 3 heterocycles. The standard InChI is InChI=1S/C22H15N5O3/c28-20-19-18(15(11-24-19)21(29)30)14-10-12(6-7-17(14)26-20)16-8-9-23-22(27-16)25-13-4-2-1-3-5-13/h1-11,24H,(H,26,28)(H,29,30)(H,23,25,27). The molecule has 0 fully saturated rings. The van der Waals surface area contributed by atoms with Crippen LogP contribution in [0.15, 0.2) is 71.8 Å². The Kier molecular flexibility index (Phi) is 4.03. The van der Waals surface area contributed by atoms with Crippen molar-refractivity contribution in [3.63, 3.8) is 0 Å². The molecule has 0 aliphatic rings. The highest BCUT2D eigenvalue weighted by atomic mass is 16.4. The summed E-state index contributed by atoms with van der Waals surface area (Å²) in [5, 5.41) is 13.7. The topological polar surface area (TPSA) is 124 Å². The summed E-state index contributed by atoms with van der Waals surface area (Å²) in [6.45, 7) is 0. The van der Waals surface area contributed by atoms with E-state index in [-0.39, 0.29) is 16.6 Å². The van der Waals surface area contributed by atoms with Crippen LogP contribution in [0.5, 0.6) is 0 Å². The summed E-state index contributed by atoms with van der Waals surface area (Å²) < 4.78 is 0. The fourth-order valence-corrected chi connectivity index (χ4v) is 3.49. The number of hydrogen-bond donors (Lipinski definition) is 4. The lowest BCUT2D eigenvalue weighted by atomic mass is 10.0. The van der Waals surface area contributed by atoms with Crippen molar-refractivity contribution in [3.8, 4) is 11.3 Å². The van der Waals surface area contributed by atoms with Crippen LogP contribution in [-0.4, -0.2) is 31.0 Å². The Morgan fingerprint density at radius 1 is 1.07 bits per heavy atom. The van der Waals surface area contributed by atoms with Crippen molar-refractivity contribution >= 4 is 39.4 Å². The predicted molar refractivity (Wildman–Crippen MR) is 114 cm³/mol. The van der Waals surface area contributed by atoms with Crippen LogP contribution in [0.2, 0.25) is 0 Å². The van der Waals surface area contributed by atoms with Gasteiger partial charge >= 0.3 is 5.97 Å². The Hall–Kier alpha value is -4.46. The number of hydrogen-bond acceptors (Lipinski definition) is 5. The number of fused-ring (bicyclic) bond motifs is 3. The Labute approximate surface area is 169 Å². The van der Waals surface area contributed by atoms with Crippen molar-refractivity contribution in [2.75, 3.05) is 5.32 Å². The number of anilines is 2. The molecular formula is C22H15N5O3. The third-order valence-electron chi connectivity index (χ3n) is 4.86. The van der Waals surface area contributed by atoms with Crippen LogP contribution in [-0.2, 0) is 0 Å². The second-order valence-electron chi connectivity index (χ2n) is 6.73. The van der Waals surface area contributed by atoms with Crippen molar-refractivity contribution in [2.24, 2.45) is 0 Å². The van der Waals surface area contributed by atoms with Gasteiger partial charge in [-0.3, -0.25) is 4.79 Å². The molecule has 0 radical (unpaired) electrons. The SMILES string of the molecule is O=C(O)c1c[nH]c2c(=O)[nH]c3ccc(-c4ccnc(Nc5ccccc5)n4)cc3c12. The van der Waals surface area contributed by atoms with E-state index in [1.165, 1.54) is 6.20 Å². The maximum atomic E-state index is 12.3. The van der Waals surface area contributed by atoms with Crippen LogP contribution in [0.4, 0.5) is 11.6 Å². The molecule has 0 aliphatic heterocycles. The van der Waals surface area contributed by atoms with Gasteiger partial charge in [0.1, 0.15) is 5.52 Å². The molecule has 0 atom stereocenters. The van der Waals surface area contributed by atoms with Gasteiger partial charge in [-0.2, -0.15) is 0 Å². The number of H-pyrrole nitrogens is 2. The third kappa shape index (κ3) is 2.96. The highest BCUT2D eigenvalue weighted by Gasteiger charge is 2.17. The Morgan fingerprint density at radius 2 is 1.90 bits per heavy atom. The molecule has 5 rings (SSSR count). The molecule has 8 nitrogen and oxygen atoms in total. The van der Waals surface area contributed by atoms with Gasteiger partial charge in [0.05, 0.1) is 11.3 Å². The molecule has 0 bridgehead atoms. The van der Waals surface area contributed by atoms with Gasteiger partial charge < -0.3 is 20.4 Å². The summed E-state index contributed by atoms with van der Waals surface area (Å²) in [6, 6.07) is 16.8. The van der Waals surface area contributed by atoms with Crippen LogP contribution in [0, 0.1) is 0 Å². The van der Waals surface area contributed by atoms with Gasteiger partial charge in [-0.15, -0.1) is 0 Å². The van der Waals surface area contributed by atoms with Crippen LogP contribution in [0.25, 0.3) is 33.1 Å². The largest absolute Gasteiger partial charge is 0.478 e. The number of benzene rings is 2. The van der Waals surface area contributed by atoms with Gasteiger partial charge in [-0.25, -0.2) is 14.8 Å². The summed E-state index contributed by atoms with van der Waals surface area (Å²) in [5.41, 5.74) is 2.76. The number of aromatic carboxylic acids is 1. The lowest BCUT2D eigenvalue weighted by molar-refractivity contribution is 0.0699. The molecule has 5 aromatic rings. The monoisotopic (exact) mass is 397 g/mol. The van der Waals surface area contributed by atoms with Crippen LogP contribution in [0.1, 0.15) is 10.4 Å². The summed E-state index contributed by atoms with van der Waals surface area (Å²) >= 11 is 0. The first kappa shape index (κ1) is 17.6. The molecule has 4 N–H and O–H groups in total. The molecule has 3 aromatic heterocycles. The fraction of sp³-hybridized carbons (Fsp3) is 0. The van der Waals surface area contributed by atoms with Crippen molar-refractivity contribution in [3.05, 3.63) is 82.9 Å². The molecule has 0 spiro atoms. The number of rotatable bonds is 4. The maximum absolute atomic E-state index is 12.3. The molecule has 0 saturated heterocycles. The second-order valence-corrected chi connectivity index (χ2v) is 6.73. The van der Waals surface area contributed by atoms with Gasteiger partial charge in [0.15, 0.2) is 0 Å². The van der Waals surface area contributed by atoms with Crippen molar-refractivity contribution in [1.82, 2.24) is 19.9 Å². The second kappa shape index (κ2) is 6.85. The molecule has 8 heteroatoms. The quantitative estimate of drug-likeness (QED) is 0.365. The van der Waals surface area contributed by atoms with Crippen molar-refractivity contribution < 1.29 is 9.90 Å². The number of carbonyl (C=O) groups is 1. The number of pyridine rings is 1. The minimum Gasteiger partial charge on any atom is -0.478 e. The number of nitrogens with zero attached hydrogens (tertiary/aromatic N) is 2. The van der Waals surface area contributed by atoms with Crippen molar-refractivity contribution in [1.29, 1.82) is 0 Å². The highest BCUT2D eigenvalue weighted by Crippen LogP contribution is 2.29. The lowest BCUT2D eigenvalue weighted by Gasteiger charge is -2.08. The van der Waals surface area contributed by atoms with E-state index in [1.54, 1.807) is 18.3 Å². The molecule has 0 saturated carbocycles. The zero-order chi connectivity index (χ0) is 20.7. The van der Waals surface area contributed by atoms with Gasteiger partial charge in [-0.05, 0) is 30.3 Å². The van der Waals surface area contributed by atoms with E-state index in [0.29, 0.717) is 27.9 Å². The smallest absolute Gasteiger partial charge is 0.337 e. The number of carboxylic acids is 1. The van der Waals surface area contributed by atoms with E-state index in [4.69, 9.17) is 0 Å². The molecule has 146 valence electrons. The van der Waals surface area contributed by atoms with Gasteiger partial charge in [-0.1, -0.05) is 24.3 Å². The van der Waals surface area contributed by atoms with Crippen LogP contribution in [0.3, 0.4) is 0 Å². The normalized spacial score (nSPS) is 11.1. The Bertz CT molecular complexity index is 1470. The maximum Gasteiger partial charge on any atom is 0.337 e. The van der Waals surface area contributed by atoms with Gasteiger partial charge in [0, 0.05) is 39.9 Å². The Morgan fingerprint density at radius 3 is 2.70 bits per heavy atom. The van der Waals surface area contributed by atoms with E-state index >= 15 is 0 Å². The van der Waals surface area contributed by atoms with E-state index in [1.807, 2.05) is 42.5 Å². The summed E-state index contributed by atoms with van der Waals surface area (Å²) in [5.74, 6) is -0.659. The zero-order valence-electron chi connectivity index (χ0n) is 15.5. The summed E-state index contributed by atoms with van der Waals surface area (Å²) in [4.78, 5) is 38.3. The molecule has 30 heavy (non-hydrogen) atoms. The van der Waals surface area contributed by atoms with Gasteiger partial charge in [0.25, 0.3) is 5.56 Å². The molecule has 0 unspecified atom stereocenters. The van der Waals surface area contributed by atoms with E-state index in [9.17, 15) is 14.7 Å². The molecule has 0 aliphatic carbocycles. The average molecular weight is 397 g/mol. The minimum atomic E-state index is -1.10. The highest BCUT2D eigenvalue weighted by molar-refractivity contribution is 6.15. The van der Waals surface area contributed by atoms with Crippen molar-refractivity contribution in [2.45, 2.75) is 0 Å². The van der Waals surface area contributed by atoms with E-state index < -0.39 is 5.97 Å². The number of para-hydroxylation sites is 1. The molecule has 2 aromatic carbocycles. The minimum absolute atomic E-state index is 0.0485. The number of carboxylic acid groups (broad SMARTS) is 1. The average Bonchev–Trinajstić information content (AvgIpc) is 3.21. The van der Waals surface area contributed by atoms with Crippen LogP contribution < -0.4 is 10.9 Å². The summed E-state index contributed by atoms with van der Waals surface area (Å²) in [7, 11) is 0. The van der Waals surface area contributed by atoms with E-state index in [2.05, 4.69) is 25.3 Å². The first-order chi connectivity index (χ1) is 14.6. The molecule has 0 amide bonds. The third-order valence-corrected chi connectivity index (χ3v) is 4.86. The zero-order valence-corrected chi connectivity index (χ0v) is 15.5. The number of nitrogens with one attached hydrogen (secondary N) is 3. The predicted octanol–water partition coefficient (Wildman–Crippen LogP) is 3.91. The number of aromatic nitrogens is 4.